The Hall–Kier alpha value is -1.18. The van der Waals surface area contributed by atoms with E-state index in [-0.39, 0.29) is 0 Å². The smallest absolute Gasteiger partial charge is 0.398 e. The predicted molar refractivity (Wildman–Crippen MR) is 55.4 cm³/mol. The predicted octanol–water partition coefficient (Wildman–Crippen LogP) is 4.38. The second-order valence-electron chi connectivity index (χ2n) is 3.70. The highest BCUT2D eigenvalue weighted by atomic mass is 35.5. The average molecular weight is 310 g/mol. The molecule has 0 aromatic heterocycles. The number of halogens is 8. The third-order valence-electron chi connectivity index (χ3n) is 2.44. The molecule has 0 aliphatic rings. The number of para-hydroxylation sites is 1. The van der Waals surface area contributed by atoms with Crippen LogP contribution >= 0.6 is 11.6 Å². The van der Waals surface area contributed by atoms with Crippen molar-refractivity contribution in [2.24, 2.45) is 0 Å². The van der Waals surface area contributed by atoms with E-state index in [0.717, 1.165) is 18.2 Å². The maximum atomic E-state index is 13.6. The van der Waals surface area contributed by atoms with Gasteiger partial charge in [0.25, 0.3) is 0 Å². The molecule has 1 aromatic rings. The van der Waals surface area contributed by atoms with Gasteiger partial charge in [0, 0.05) is 5.69 Å². The number of hydrogen-bond donors (Lipinski definition) is 1. The van der Waals surface area contributed by atoms with Gasteiger partial charge in [0.05, 0.1) is 0 Å². The molecule has 108 valence electrons. The second kappa shape index (κ2) is 4.73. The monoisotopic (exact) mass is 309 g/mol. The first kappa shape index (κ1) is 15.9. The zero-order chi connectivity index (χ0) is 15.1. The minimum Gasteiger partial charge on any atom is -0.398 e. The fraction of sp³-hybridized carbons (Fsp3) is 0.400. The van der Waals surface area contributed by atoms with E-state index in [4.69, 9.17) is 17.3 Å². The lowest BCUT2D eigenvalue weighted by molar-refractivity contribution is -0.342. The first-order valence-electron chi connectivity index (χ1n) is 4.73. The Balaban J connectivity index is 3.41. The van der Waals surface area contributed by atoms with Crippen molar-refractivity contribution in [2.75, 3.05) is 5.73 Å². The van der Waals surface area contributed by atoms with E-state index >= 15 is 0 Å². The van der Waals surface area contributed by atoms with Crippen molar-refractivity contribution in [1.29, 1.82) is 0 Å². The van der Waals surface area contributed by atoms with Gasteiger partial charge in [-0.25, -0.2) is 4.39 Å². The van der Waals surface area contributed by atoms with Crippen molar-refractivity contribution in [1.82, 2.24) is 0 Å². The first-order valence-corrected chi connectivity index (χ1v) is 5.17. The summed E-state index contributed by atoms with van der Waals surface area (Å²) in [5, 5.41) is -3.03. The van der Waals surface area contributed by atoms with Crippen molar-refractivity contribution in [3.8, 4) is 0 Å². The number of nitrogens with two attached hydrogens (primary N) is 1. The third-order valence-corrected chi connectivity index (χ3v) is 2.98. The van der Waals surface area contributed by atoms with Gasteiger partial charge >= 0.3 is 18.0 Å². The van der Waals surface area contributed by atoms with Gasteiger partial charge in [-0.3, -0.25) is 0 Å². The van der Waals surface area contributed by atoms with E-state index in [0.29, 0.717) is 0 Å². The lowest BCUT2D eigenvalue weighted by atomic mass is 9.93. The Morgan fingerprint density at radius 1 is 0.895 bits per heavy atom. The molecular weight excluding hydrogens is 303 g/mol. The van der Waals surface area contributed by atoms with Crippen LogP contribution in [0.2, 0.25) is 0 Å². The van der Waals surface area contributed by atoms with Gasteiger partial charge in [0.15, 0.2) is 0 Å². The molecular formula is C10H7ClF7N. The van der Waals surface area contributed by atoms with Gasteiger partial charge in [0.1, 0.15) is 5.38 Å². The molecule has 2 N–H and O–H groups in total. The first-order chi connectivity index (χ1) is 8.43. The molecule has 0 saturated heterocycles. The Kier molecular flexibility index (Phi) is 3.96. The molecule has 1 nitrogen and oxygen atoms in total. The highest BCUT2D eigenvalue weighted by molar-refractivity contribution is 6.22. The molecule has 0 heterocycles. The molecule has 0 radical (unpaired) electrons. The molecule has 19 heavy (non-hydrogen) atoms. The Morgan fingerprint density at radius 3 is 1.68 bits per heavy atom. The summed E-state index contributed by atoms with van der Waals surface area (Å²) in [4.78, 5) is 0. The van der Waals surface area contributed by atoms with Crippen LogP contribution in [-0.4, -0.2) is 18.0 Å². The van der Waals surface area contributed by atoms with Gasteiger partial charge in [0.2, 0.25) is 0 Å². The van der Waals surface area contributed by atoms with Crippen molar-refractivity contribution in [3.05, 3.63) is 29.8 Å². The van der Waals surface area contributed by atoms with Crippen LogP contribution in [0.4, 0.5) is 36.4 Å². The van der Waals surface area contributed by atoms with Crippen LogP contribution in [0.5, 0.6) is 0 Å². The molecule has 9 heteroatoms. The third kappa shape index (κ3) is 2.58. The summed E-state index contributed by atoms with van der Waals surface area (Å²) in [6.45, 7) is 0. The van der Waals surface area contributed by atoms with Gasteiger partial charge < -0.3 is 5.73 Å². The van der Waals surface area contributed by atoms with Gasteiger partial charge in [-0.1, -0.05) is 18.2 Å². The quantitative estimate of drug-likeness (QED) is 0.489. The Bertz CT molecular complexity index is 440. The second-order valence-corrected chi connectivity index (χ2v) is 4.14. The normalized spacial score (nSPS) is 15.4. The largest absolute Gasteiger partial charge is 0.433 e. The van der Waals surface area contributed by atoms with Gasteiger partial charge in [-0.15, -0.1) is 11.6 Å². The molecule has 0 saturated carbocycles. The lowest BCUT2D eigenvalue weighted by Crippen LogP contribution is -2.56. The summed E-state index contributed by atoms with van der Waals surface area (Å²) in [5.74, 6) is 0. The molecule has 1 atom stereocenters. The minimum atomic E-state index is -6.22. The van der Waals surface area contributed by atoms with E-state index in [1.807, 2.05) is 0 Å². The SMILES string of the molecule is Nc1ccccc1C(Cl)C(F)(C(F)(F)F)C(F)(F)F. The fourth-order valence-corrected chi connectivity index (χ4v) is 1.85. The molecule has 1 unspecified atom stereocenters. The average Bonchev–Trinajstić information content (AvgIpc) is 2.24. The summed E-state index contributed by atoms with van der Waals surface area (Å²) >= 11 is 5.09. The van der Waals surface area contributed by atoms with Crippen molar-refractivity contribution >= 4 is 17.3 Å². The number of nitrogen functional groups attached to an aromatic ring is 1. The van der Waals surface area contributed by atoms with Gasteiger partial charge in [-0.05, 0) is 11.6 Å². The zero-order valence-electron chi connectivity index (χ0n) is 8.99. The molecule has 0 amide bonds. The van der Waals surface area contributed by atoms with E-state index in [1.54, 1.807) is 0 Å². The molecule has 0 fully saturated rings. The fourth-order valence-electron chi connectivity index (χ4n) is 1.40. The maximum Gasteiger partial charge on any atom is 0.433 e. The van der Waals surface area contributed by atoms with Crippen molar-refractivity contribution in [2.45, 2.75) is 23.4 Å². The van der Waals surface area contributed by atoms with Crippen LogP contribution in [0.25, 0.3) is 0 Å². The van der Waals surface area contributed by atoms with Crippen LogP contribution in [0.1, 0.15) is 10.9 Å². The Morgan fingerprint density at radius 2 is 1.32 bits per heavy atom. The number of hydrogen-bond acceptors (Lipinski definition) is 1. The number of rotatable bonds is 2. The van der Waals surface area contributed by atoms with Crippen LogP contribution in [-0.2, 0) is 0 Å². The van der Waals surface area contributed by atoms with E-state index in [1.165, 1.54) is 6.07 Å². The van der Waals surface area contributed by atoms with Crippen LogP contribution in [0, 0.1) is 0 Å². The van der Waals surface area contributed by atoms with Gasteiger partial charge in [-0.2, -0.15) is 26.3 Å². The molecule has 0 aliphatic carbocycles. The Labute approximate surface area is 108 Å². The van der Waals surface area contributed by atoms with E-state index in [2.05, 4.69) is 0 Å². The topological polar surface area (TPSA) is 26.0 Å². The number of alkyl halides is 8. The zero-order valence-corrected chi connectivity index (χ0v) is 9.74. The van der Waals surface area contributed by atoms with E-state index in [9.17, 15) is 30.7 Å². The summed E-state index contributed by atoms with van der Waals surface area (Å²) in [6.07, 6.45) is -12.4. The summed E-state index contributed by atoms with van der Waals surface area (Å²) in [6, 6.07) is 4.20. The lowest BCUT2D eigenvalue weighted by Gasteiger charge is -2.34. The highest BCUT2D eigenvalue weighted by Crippen LogP contribution is 2.56. The minimum absolute atomic E-state index is 0.460. The van der Waals surface area contributed by atoms with Crippen LogP contribution in [0.3, 0.4) is 0 Å². The van der Waals surface area contributed by atoms with Crippen molar-refractivity contribution in [3.63, 3.8) is 0 Å². The molecule has 0 aliphatic heterocycles. The highest BCUT2D eigenvalue weighted by Gasteiger charge is 2.76. The molecule has 1 aromatic carbocycles. The van der Waals surface area contributed by atoms with E-state index < -0.39 is 34.6 Å². The summed E-state index contributed by atoms with van der Waals surface area (Å²) < 4.78 is 88.3. The molecule has 0 spiro atoms. The molecule has 0 bridgehead atoms. The number of anilines is 1. The maximum absolute atomic E-state index is 13.6. The van der Waals surface area contributed by atoms with Crippen molar-refractivity contribution < 1.29 is 30.7 Å². The van der Waals surface area contributed by atoms with Crippen LogP contribution in [0.15, 0.2) is 24.3 Å². The number of benzene rings is 1. The standard InChI is InChI=1S/C10H7ClF7N/c11-7(5-3-1-2-4-6(5)19)8(12,9(13,14)15)10(16,17)18/h1-4,7H,19H2. The molecule has 1 rings (SSSR count). The summed E-state index contributed by atoms with van der Waals surface area (Å²) in [7, 11) is 0. The van der Waals surface area contributed by atoms with Crippen LogP contribution < -0.4 is 5.73 Å². The summed E-state index contributed by atoms with van der Waals surface area (Å²) in [5.41, 5.74) is -1.60.